The Labute approximate surface area is 136 Å². The molecule has 1 aromatic carbocycles. The van der Waals surface area contributed by atoms with Crippen LogP contribution < -0.4 is 10.1 Å². The van der Waals surface area contributed by atoms with E-state index in [1.54, 1.807) is 17.5 Å². The molecule has 0 aliphatic rings. The smallest absolute Gasteiger partial charge is 0.273 e. The first-order valence-electron chi connectivity index (χ1n) is 6.70. The van der Waals surface area contributed by atoms with Gasteiger partial charge in [-0.15, -0.1) is 11.3 Å². The van der Waals surface area contributed by atoms with Gasteiger partial charge in [-0.2, -0.15) is 0 Å². The summed E-state index contributed by atoms with van der Waals surface area (Å²) in [5.41, 5.74) is 0.194. The van der Waals surface area contributed by atoms with Gasteiger partial charge in [0.2, 0.25) is 5.91 Å². The third-order valence-electron chi connectivity index (χ3n) is 3.05. The number of nitrogens with zero attached hydrogens (tertiary/aromatic N) is 1. The molecule has 1 N–H and O–H groups in total. The highest BCUT2D eigenvalue weighted by Crippen LogP contribution is 2.29. The number of ether oxygens (including phenoxy) is 1. The van der Waals surface area contributed by atoms with Gasteiger partial charge in [0.1, 0.15) is 5.75 Å². The number of hydrogen-bond acceptors (Lipinski definition) is 6. The monoisotopic (exact) mass is 334 g/mol. The minimum atomic E-state index is -0.548. The zero-order valence-electron chi connectivity index (χ0n) is 12.3. The number of ketones is 1. The van der Waals surface area contributed by atoms with Crippen LogP contribution in [0.25, 0.3) is 0 Å². The fourth-order valence-corrected chi connectivity index (χ4v) is 2.59. The van der Waals surface area contributed by atoms with Crippen LogP contribution in [0.15, 0.2) is 35.7 Å². The number of anilines is 1. The number of carbonyl (C=O) groups excluding carboxylic acids is 2. The molecule has 120 valence electrons. The highest BCUT2D eigenvalue weighted by atomic mass is 32.1. The van der Waals surface area contributed by atoms with Crippen LogP contribution in [0.1, 0.15) is 22.5 Å². The summed E-state index contributed by atoms with van der Waals surface area (Å²) in [6, 6.07) is 7.39. The maximum Gasteiger partial charge on any atom is 0.273 e. The van der Waals surface area contributed by atoms with E-state index < -0.39 is 4.92 Å². The van der Waals surface area contributed by atoms with Crippen LogP contribution in [-0.2, 0) is 4.79 Å². The summed E-state index contributed by atoms with van der Waals surface area (Å²) in [5, 5.41) is 15.1. The van der Waals surface area contributed by atoms with E-state index in [4.69, 9.17) is 4.74 Å². The van der Waals surface area contributed by atoms with Gasteiger partial charge in [0.15, 0.2) is 5.78 Å². The molecule has 1 aromatic heterocycles. The molecule has 0 saturated carbocycles. The first-order chi connectivity index (χ1) is 11.0. The maximum atomic E-state index is 11.9. The van der Waals surface area contributed by atoms with E-state index in [0.717, 1.165) is 0 Å². The van der Waals surface area contributed by atoms with E-state index in [0.29, 0.717) is 10.6 Å². The number of nitrogens with one attached hydrogen (secondary N) is 1. The number of hydrogen-bond donors (Lipinski definition) is 1. The number of non-ortho nitro benzene ring substituents is 1. The van der Waals surface area contributed by atoms with Crippen molar-refractivity contribution in [2.24, 2.45) is 0 Å². The summed E-state index contributed by atoms with van der Waals surface area (Å²) >= 11 is 1.33. The molecule has 0 unspecified atom stereocenters. The van der Waals surface area contributed by atoms with E-state index in [1.165, 1.54) is 36.6 Å². The second-order valence-corrected chi connectivity index (χ2v) is 5.54. The van der Waals surface area contributed by atoms with Gasteiger partial charge >= 0.3 is 0 Å². The fourth-order valence-electron chi connectivity index (χ4n) is 1.90. The third kappa shape index (κ3) is 4.36. The Morgan fingerprint density at radius 3 is 2.70 bits per heavy atom. The molecule has 0 fully saturated rings. The van der Waals surface area contributed by atoms with Crippen LogP contribution >= 0.6 is 11.3 Å². The highest BCUT2D eigenvalue weighted by molar-refractivity contribution is 7.12. The molecule has 0 bridgehead atoms. The molecule has 0 saturated heterocycles. The van der Waals surface area contributed by atoms with E-state index in [-0.39, 0.29) is 36.0 Å². The summed E-state index contributed by atoms with van der Waals surface area (Å²) in [4.78, 5) is 34.5. The maximum absolute atomic E-state index is 11.9. The van der Waals surface area contributed by atoms with Gasteiger partial charge in [0.05, 0.1) is 28.7 Å². The first-order valence-corrected chi connectivity index (χ1v) is 7.58. The van der Waals surface area contributed by atoms with Crippen molar-refractivity contribution in [3.05, 3.63) is 50.7 Å². The zero-order chi connectivity index (χ0) is 16.8. The second kappa shape index (κ2) is 7.50. The van der Waals surface area contributed by atoms with Crippen LogP contribution in [0.4, 0.5) is 11.4 Å². The predicted molar refractivity (Wildman–Crippen MR) is 86.2 cm³/mol. The zero-order valence-corrected chi connectivity index (χ0v) is 13.1. The number of carbonyl (C=O) groups is 2. The molecule has 0 aliphatic carbocycles. The fraction of sp³-hybridized carbons (Fsp3) is 0.200. The topological polar surface area (TPSA) is 98.5 Å². The Morgan fingerprint density at radius 2 is 2.09 bits per heavy atom. The van der Waals surface area contributed by atoms with Gasteiger partial charge in [-0.05, 0) is 17.5 Å². The van der Waals surface area contributed by atoms with E-state index in [2.05, 4.69) is 5.32 Å². The molecule has 0 atom stereocenters. The number of nitro benzene ring substituents is 1. The van der Waals surface area contributed by atoms with Crippen LogP contribution in [0.2, 0.25) is 0 Å². The van der Waals surface area contributed by atoms with Gasteiger partial charge in [0, 0.05) is 18.9 Å². The van der Waals surface area contributed by atoms with Gasteiger partial charge in [-0.3, -0.25) is 19.7 Å². The SMILES string of the molecule is COc1cc([N+](=O)[O-])ccc1NC(=O)CCC(=O)c1cccs1. The van der Waals surface area contributed by atoms with Crippen molar-refractivity contribution >= 4 is 34.4 Å². The quantitative estimate of drug-likeness (QED) is 0.476. The van der Waals surface area contributed by atoms with Gasteiger partial charge in [0.25, 0.3) is 5.69 Å². The van der Waals surface area contributed by atoms with Crippen molar-refractivity contribution in [2.75, 3.05) is 12.4 Å². The molecule has 7 nitrogen and oxygen atoms in total. The average molecular weight is 334 g/mol. The van der Waals surface area contributed by atoms with Gasteiger partial charge < -0.3 is 10.1 Å². The minimum Gasteiger partial charge on any atom is -0.494 e. The van der Waals surface area contributed by atoms with E-state index >= 15 is 0 Å². The number of amides is 1. The molecular formula is C15H14N2O5S. The van der Waals surface area contributed by atoms with Gasteiger partial charge in [-0.1, -0.05) is 6.07 Å². The summed E-state index contributed by atoms with van der Waals surface area (Å²) in [6.45, 7) is 0. The number of thiophene rings is 1. The molecular weight excluding hydrogens is 320 g/mol. The van der Waals surface area contributed by atoms with Crippen molar-refractivity contribution < 1.29 is 19.2 Å². The number of benzene rings is 1. The summed E-state index contributed by atoms with van der Waals surface area (Å²) in [7, 11) is 1.36. The van der Waals surface area contributed by atoms with Crippen LogP contribution in [0.5, 0.6) is 5.75 Å². The minimum absolute atomic E-state index is 0.0247. The first kappa shape index (κ1) is 16.6. The number of Topliss-reactive ketones (excluding diaryl/α,β-unsaturated/α-hetero) is 1. The molecule has 0 radical (unpaired) electrons. The summed E-state index contributed by atoms with van der Waals surface area (Å²) < 4.78 is 5.04. The van der Waals surface area contributed by atoms with Crippen molar-refractivity contribution in [3.63, 3.8) is 0 Å². The van der Waals surface area contributed by atoms with E-state index in [1.807, 2.05) is 0 Å². The van der Waals surface area contributed by atoms with Crippen LogP contribution in [-0.4, -0.2) is 23.7 Å². The number of rotatable bonds is 7. The Hall–Kier alpha value is -2.74. The number of nitro groups is 1. The van der Waals surface area contributed by atoms with E-state index in [9.17, 15) is 19.7 Å². The molecule has 23 heavy (non-hydrogen) atoms. The predicted octanol–water partition coefficient (Wildman–Crippen LogP) is 3.27. The molecule has 2 rings (SSSR count). The van der Waals surface area contributed by atoms with Crippen molar-refractivity contribution in [2.45, 2.75) is 12.8 Å². The Morgan fingerprint density at radius 1 is 1.30 bits per heavy atom. The molecule has 8 heteroatoms. The standard InChI is InChI=1S/C15H14N2O5S/c1-22-13-9-10(17(20)21)4-5-11(13)16-15(19)7-6-12(18)14-3-2-8-23-14/h2-5,8-9H,6-7H2,1H3,(H,16,19). The lowest BCUT2D eigenvalue weighted by atomic mass is 10.2. The largest absolute Gasteiger partial charge is 0.494 e. The lowest BCUT2D eigenvalue weighted by molar-refractivity contribution is -0.384. The molecule has 2 aromatic rings. The summed E-state index contributed by atoms with van der Waals surface area (Å²) in [6.07, 6.45) is 0.124. The molecule has 0 spiro atoms. The normalized spacial score (nSPS) is 10.1. The Bertz CT molecular complexity index is 727. The molecule has 1 heterocycles. The average Bonchev–Trinajstić information content (AvgIpc) is 3.07. The van der Waals surface area contributed by atoms with Crippen LogP contribution in [0, 0.1) is 10.1 Å². The van der Waals surface area contributed by atoms with Crippen molar-refractivity contribution in [1.82, 2.24) is 0 Å². The third-order valence-corrected chi connectivity index (χ3v) is 3.96. The van der Waals surface area contributed by atoms with Crippen molar-refractivity contribution in [3.8, 4) is 5.75 Å². The van der Waals surface area contributed by atoms with Crippen molar-refractivity contribution in [1.29, 1.82) is 0 Å². The lowest BCUT2D eigenvalue weighted by Gasteiger charge is -2.09. The lowest BCUT2D eigenvalue weighted by Crippen LogP contribution is -2.14. The van der Waals surface area contributed by atoms with Gasteiger partial charge in [-0.25, -0.2) is 0 Å². The Balaban J connectivity index is 1.97. The molecule has 0 aliphatic heterocycles. The highest BCUT2D eigenvalue weighted by Gasteiger charge is 2.15. The Kier molecular flexibility index (Phi) is 5.42. The number of methoxy groups -OCH3 is 1. The summed E-state index contributed by atoms with van der Waals surface area (Å²) in [5.74, 6) is -0.259. The van der Waals surface area contributed by atoms with Crippen LogP contribution in [0.3, 0.4) is 0 Å². The second-order valence-electron chi connectivity index (χ2n) is 4.59. The molecule has 1 amide bonds.